The first-order valence-electron chi connectivity index (χ1n) is 6.29. The summed E-state index contributed by atoms with van der Waals surface area (Å²) in [6.45, 7) is 2.17. The van der Waals surface area contributed by atoms with Crippen LogP contribution in [0.4, 0.5) is 5.69 Å². The highest BCUT2D eigenvalue weighted by atomic mass is 16.6. The normalized spacial score (nSPS) is 20.2. The molecule has 1 saturated heterocycles. The van der Waals surface area contributed by atoms with Crippen molar-refractivity contribution < 1.29 is 10.0 Å². The molecule has 1 atom stereocenters. The van der Waals surface area contributed by atoms with Crippen molar-refractivity contribution in [3.05, 3.63) is 39.9 Å². The molecule has 0 spiro atoms. The SMILES string of the molecule is O=[N+]([O-])c1ccc(CCN2CCCC2CO)cc1. The number of nitro benzene ring substituents is 1. The molecule has 98 valence electrons. The van der Waals surface area contributed by atoms with E-state index in [-0.39, 0.29) is 17.2 Å². The summed E-state index contributed by atoms with van der Waals surface area (Å²) in [5.41, 5.74) is 1.23. The molecule has 1 aromatic rings. The third kappa shape index (κ3) is 3.05. The lowest BCUT2D eigenvalue weighted by Gasteiger charge is -2.22. The standard InChI is InChI=1S/C13H18N2O3/c16-10-13-2-1-8-14(13)9-7-11-3-5-12(6-4-11)15(17)18/h3-6,13,16H,1-2,7-10H2. The van der Waals surface area contributed by atoms with Crippen LogP contribution < -0.4 is 0 Å². The van der Waals surface area contributed by atoms with Crippen molar-refractivity contribution in [2.75, 3.05) is 19.7 Å². The Morgan fingerprint density at radius 3 is 2.72 bits per heavy atom. The summed E-state index contributed by atoms with van der Waals surface area (Å²) in [7, 11) is 0. The smallest absolute Gasteiger partial charge is 0.269 e. The zero-order valence-electron chi connectivity index (χ0n) is 10.3. The van der Waals surface area contributed by atoms with Crippen LogP contribution in [0.5, 0.6) is 0 Å². The molecule has 1 aliphatic heterocycles. The quantitative estimate of drug-likeness (QED) is 0.636. The maximum absolute atomic E-state index is 10.5. The van der Waals surface area contributed by atoms with Crippen molar-refractivity contribution in [2.45, 2.75) is 25.3 Å². The maximum Gasteiger partial charge on any atom is 0.269 e. The fourth-order valence-corrected chi connectivity index (χ4v) is 2.45. The first-order valence-corrected chi connectivity index (χ1v) is 6.29. The maximum atomic E-state index is 10.5. The van der Waals surface area contributed by atoms with Crippen molar-refractivity contribution in [2.24, 2.45) is 0 Å². The Balaban J connectivity index is 1.88. The van der Waals surface area contributed by atoms with Crippen LogP contribution in [0.1, 0.15) is 18.4 Å². The minimum absolute atomic E-state index is 0.133. The van der Waals surface area contributed by atoms with E-state index in [1.54, 1.807) is 12.1 Å². The Morgan fingerprint density at radius 2 is 2.11 bits per heavy atom. The Morgan fingerprint density at radius 1 is 1.39 bits per heavy atom. The van der Waals surface area contributed by atoms with Gasteiger partial charge in [0.15, 0.2) is 0 Å². The fourth-order valence-electron chi connectivity index (χ4n) is 2.45. The van der Waals surface area contributed by atoms with Crippen LogP contribution in [0, 0.1) is 10.1 Å². The van der Waals surface area contributed by atoms with E-state index < -0.39 is 0 Å². The molecule has 1 unspecified atom stereocenters. The molecule has 0 amide bonds. The van der Waals surface area contributed by atoms with E-state index in [0.29, 0.717) is 6.04 Å². The van der Waals surface area contributed by atoms with Gasteiger partial charge in [-0.25, -0.2) is 0 Å². The van der Waals surface area contributed by atoms with Crippen LogP contribution in [-0.4, -0.2) is 40.7 Å². The Bertz CT molecular complexity index is 405. The van der Waals surface area contributed by atoms with Crippen molar-refractivity contribution >= 4 is 5.69 Å². The zero-order valence-corrected chi connectivity index (χ0v) is 10.3. The highest BCUT2D eigenvalue weighted by molar-refractivity contribution is 5.32. The second kappa shape index (κ2) is 5.93. The van der Waals surface area contributed by atoms with E-state index >= 15 is 0 Å². The van der Waals surface area contributed by atoms with Gasteiger partial charge in [-0.05, 0) is 31.4 Å². The topological polar surface area (TPSA) is 66.6 Å². The average molecular weight is 250 g/mol. The first-order chi connectivity index (χ1) is 8.70. The van der Waals surface area contributed by atoms with Crippen molar-refractivity contribution in [3.8, 4) is 0 Å². The highest BCUT2D eigenvalue weighted by Crippen LogP contribution is 2.18. The van der Waals surface area contributed by atoms with Gasteiger partial charge in [0.05, 0.1) is 11.5 Å². The van der Waals surface area contributed by atoms with Crippen LogP contribution in [0.3, 0.4) is 0 Å². The lowest BCUT2D eigenvalue weighted by molar-refractivity contribution is -0.384. The molecular weight excluding hydrogens is 232 g/mol. The first kappa shape index (κ1) is 13.0. The average Bonchev–Trinajstić information content (AvgIpc) is 2.84. The van der Waals surface area contributed by atoms with E-state index in [1.165, 1.54) is 0 Å². The fraction of sp³-hybridized carbons (Fsp3) is 0.538. The molecule has 1 fully saturated rings. The monoisotopic (exact) mass is 250 g/mol. The molecule has 0 aromatic heterocycles. The van der Waals surface area contributed by atoms with Gasteiger partial charge in [0.1, 0.15) is 0 Å². The molecule has 1 aromatic carbocycles. The van der Waals surface area contributed by atoms with Gasteiger partial charge in [0, 0.05) is 24.7 Å². The summed E-state index contributed by atoms with van der Waals surface area (Å²) < 4.78 is 0. The predicted octanol–water partition coefficient (Wildman–Crippen LogP) is 1.59. The number of rotatable bonds is 5. The van der Waals surface area contributed by atoms with E-state index in [2.05, 4.69) is 4.90 Å². The summed E-state index contributed by atoms with van der Waals surface area (Å²) in [5, 5.41) is 19.7. The van der Waals surface area contributed by atoms with Crippen LogP contribution in [-0.2, 0) is 6.42 Å². The summed E-state index contributed by atoms with van der Waals surface area (Å²) in [5.74, 6) is 0. The van der Waals surface area contributed by atoms with Gasteiger partial charge in [-0.3, -0.25) is 15.0 Å². The summed E-state index contributed by atoms with van der Waals surface area (Å²) >= 11 is 0. The lowest BCUT2D eigenvalue weighted by Crippen LogP contribution is -2.33. The van der Waals surface area contributed by atoms with Crippen molar-refractivity contribution in [1.29, 1.82) is 0 Å². The lowest BCUT2D eigenvalue weighted by atomic mass is 10.1. The van der Waals surface area contributed by atoms with Gasteiger partial charge in [-0.1, -0.05) is 12.1 Å². The number of hydrogen-bond donors (Lipinski definition) is 1. The Labute approximate surface area is 106 Å². The molecule has 2 rings (SSSR count). The minimum atomic E-state index is -0.383. The van der Waals surface area contributed by atoms with Gasteiger partial charge in [-0.2, -0.15) is 0 Å². The second-order valence-corrected chi connectivity index (χ2v) is 4.69. The molecule has 0 radical (unpaired) electrons. The molecule has 5 heteroatoms. The number of nitrogens with zero attached hydrogens (tertiary/aromatic N) is 2. The number of benzene rings is 1. The van der Waals surface area contributed by atoms with Crippen LogP contribution >= 0.6 is 0 Å². The van der Waals surface area contributed by atoms with Gasteiger partial charge >= 0.3 is 0 Å². The minimum Gasteiger partial charge on any atom is -0.395 e. The number of non-ortho nitro benzene ring substituents is 1. The molecule has 1 aliphatic rings. The molecular formula is C13H18N2O3. The zero-order chi connectivity index (χ0) is 13.0. The van der Waals surface area contributed by atoms with Crippen molar-refractivity contribution in [1.82, 2.24) is 4.90 Å². The Hall–Kier alpha value is -1.46. The van der Waals surface area contributed by atoms with E-state index in [0.717, 1.165) is 37.9 Å². The molecule has 1 N–H and O–H groups in total. The molecule has 1 heterocycles. The Kier molecular flexibility index (Phi) is 4.28. The summed E-state index contributed by atoms with van der Waals surface area (Å²) in [6.07, 6.45) is 3.08. The molecule has 0 aliphatic carbocycles. The van der Waals surface area contributed by atoms with Gasteiger partial charge < -0.3 is 5.11 Å². The number of likely N-dealkylation sites (tertiary alicyclic amines) is 1. The highest BCUT2D eigenvalue weighted by Gasteiger charge is 2.22. The molecule has 5 nitrogen and oxygen atoms in total. The summed E-state index contributed by atoms with van der Waals surface area (Å²) in [6, 6.07) is 7.00. The van der Waals surface area contributed by atoms with E-state index in [4.69, 9.17) is 0 Å². The number of aliphatic hydroxyl groups is 1. The van der Waals surface area contributed by atoms with Gasteiger partial charge in [0.25, 0.3) is 5.69 Å². The summed E-state index contributed by atoms with van der Waals surface area (Å²) in [4.78, 5) is 12.4. The number of nitro groups is 1. The number of hydrogen-bond acceptors (Lipinski definition) is 4. The predicted molar refractivity (Wildman–Crippen MR) is 68.5 cm³/mol. The van der Waals surface area contributed by atoms with Crippen LogP contribution in [0.25, 0.3) is 0 Å². The third-order valence-electron chi connectivity index (χ3n) is 3.54. The van der Waals surface area contributed by atoms with Gasteiger partial charge in [-0.15, -0.1) is 0 Å². The molecule has 0 bridgehead atoms. The van der Waals surface area contributed by atoms with E-state index in [1.807, 2.05) is 12.1 Å². The van der Waals surface area contributed by atoms with Crippen LogP contribution in [0.15, 0.2) is 24.3 Å². The van der Waals surface area contributed by atoms with Crippen molar-refractivity contribution in [3.63, 3.8) is 0 Å². The second-order valence-electron chi connectivity index (χ2n) is 4.69. The van der Waals surface area contributed by atoms with Crippen LogP contribution in [0.2, 0.25) is 0 Å². The molecule has 0 saturated carbocycles. The third-order valence-corrected chi connectivity index (χ3v) is 3.54. The largest absolute Gasteiger partial charge is 0.395 e. The van der Waals surface area contributed by atoms with Gasteiger partial charge in [0.2, 0.25) is 0 Å². The number of aliphatic hydroxyl groups excluding tert-OH is 1. The van der Waals surface area contributed by atoms with E-state index in [9.17, 15) is 15.2 Å². The molecule has 18 heavy (non-hydrogen) atoms.